The zero-order chi connectivity index (χ0) is 15.7. The van der Waals surface area contributed by atoms with Gasteiger partial charge in [-0.15, -0.1) is 0 Å². The minimum Gasteiger partial charge on any atom is -0.364 e. The molecule has 0 aliphatic rings. The summed E-state index contributed by atoms with van der Waals surface area (Å²) in [5, 5.41) is 4.30. The molecule has 0 amide bonds. The van der Waals surface area contributed by atoms with Crippen LogP contribution in [0.5, 0.6) is 0 Å². The maximum atomic E-state index is 4.40. The summed E-state index contributed by atoms with van der Waals surface area (Å²) in [6.45, 7) is 6.74. The lowest BCUT2D eigenvalue weighted by atomic mass is 10.3. The van der Waals surface area contributed by atoms with E-state index in [1.165, 1.54) is 0 Å². The third kappa shape index (κ3) is 2.81. The fourth-order valence-electron chi connectivity index (χ4n) is 2.25. The van der Waals surface area contributed by atoms with Gasteiger partial charge in [0.15, 0.2) is 0 Å². The molecule has 0 atom stereocenters. The SMILES string of the molecule is Cc1cnc(CNc2ncnc3c2c(Br)cn3C(C)C)cn1. The quantitative estimate of drug-likeness (QED) is 0.771. The van der Waals surface area contributed by atoms with Gasteiger partial charge in [-0.1, -0.05) is 0 Å². The Morgan fingerprint density at radius 3 is 2.68 bits per heavy atom. The Kier molecular flexibility index (Phi) is 4.06. The van der Waals surface area contributed by atoms with Crippen LogP contribution in [0.15, 0.2) is 29.4 Å². The Bertz CT molecular complexity index is 794. The topological polar surface area (TPSA) is 68.5 Å². The van der Waals surface area contributed by atoms with E-state index in [9.17, 15) is 0 Å². The lowest BCUT2D eigenvalue weighted by Gasteiger charge is -2.09. The van der Waals surface area contributed by atoms with Crippen molar-refractivity contribution in [3.8, 4) is 0 Å². The second kappa shape index (κ2) is 6.00. The first-order chi connectivity index (χ1) is 10.6. The molecule has 0 spiro atoms. The molecule has 3 aromatic rings. The first-order valence-electron chi connectivity index (χ1n) is 7.08. The molecular formula is C15H17BrN6. The number of aryl methyl sites for hydroxylation is 1. The molecule has 3 heterocycles. The van der Waals surface area contributed by atoms with Crippen LogP contribution in [0.1, 0.15) is 31.3 Å². The van der Waals surface area contributed by atoms with Crippen molar-refractivity contribution in [2.24, 2.45) is 0 Å². The van der Waals surface area contributed by atoms with Gasteiger partial charge in [0, 0.05) is 22.9 Å². The number of anilines is 1. The first kappa shape index (κ1) is 14.9. The van der Waals surface area contributed by atoms with Crippen LogP contribution in [0.2, 0.25) is 0 Å². The van der Waals surface area contributed by atoms with E-state index in [2.05, 4.69) is 59.6 Å². The van der Waals surface area contributed by atoms with E-state index in [0.29, 0.717) is 12.6 Å². The summed E-state index contributed by atoms with van der Waals surface area (Å²) >= 11 is 3.60. The van der Waals surface area contributed by atoms with Gasteiger partial charge >= 0.3 is 0 Å². The maximum Gasteiger partial charge on any atom is 0.146 e. The molecule has 0 radical (unpaired) electrons. The van der Waals surface area contributed by atoms with Gasteiger partial charge in [0.2, 0.25) is 0 Å². The molecule has 0 bridgehead atoms. The number of hydrogen-bond acceptors (Lipinski definition) is 5. The van der Waals surface area contributed by atoms with Crippen LogP contribution < -0.4 is 5.32 Å². The largest absolute Gasteiger partial charge is 0.364 e. The maximum absolute atomic E-state index is 4.40. The van der Waals surface area contributed by atoms with Gasteiger partial charge in [-0.2, -0.15) is 0 Å². The molecule has 6 nitrogen and oxygen atoms in total. The third-order valence-electron chi connectivity index (χ3n) is 3.39. The van der Waals surface area contributed by atoms with Crippen molar-refractivity contribution in [3.63, 3.8) is 0 Å². The fraction of sp³-hybridized carbons (Fsp3) is 0.333. The van der Waals surface area contributed by atoms with Crippen molar-refractivity contribution >= 4 is 32.8 Å². The number of fused-ring (bicyclic) bond motifs is 1. The molecule has 0 saturated carbocycles. The van der Waals surface area contributed by atoms with Crippen molar-refractivity contribution in [1.82, 2.24) is 24.5 Å². The van der Waals surface area contributed by atoms with Crippen molar-refractivity contribution in [2.75, 3.05) is 5.32 Å². The highest BCUT2D eigenvalue weighted by molar-refractivity contribution is 9.10. The monoisotopic (exact) mass is 360 g/mol. The van der Waals surface area contributed by atoms with Crippen LogP contribution >= 0.6 is 15.9 Å². The highest BCUT2D eigenvalue weighted by Gasteiger charge is 2.14. The van der Waals surface area contributed by atoms with Gasteiger partial charge in [-0.05, 0) is 36.7 Å². The molecule has 0 aliphatic carbocycles. The average molecular weight is 361 g/mol. The van der Waals surface area contributed by atoms with Crippen molar-refractivity contribution in [3.05, 3.63) is 40.8 Å². The highest BCUT2D eigenvalue weighted by atomic mass is 79.9. The standard InChI is InChI=1S/C15H17BrN6/c1-9(2)22-7-12(16)13-14(20-8-21-15(13)22)19-6-11-5-17-10(3)4-18-11/h4-5,7-9H,6H2,1-3H3,(H,19,20,21). The number of rotatable bonds is 4. The van der Waals surface area contributed by atoms with Crippen molar-refractivity contribution in [1.29, 1.82) is 0 Å². The second-order valence-corrected chi connectivity index (χ2v) is 6.26. The van der Waals surface area contributed by atoms with E-state index in [-0.39, 0.29) is 0 Å². The number of aromatic nitrogens is 5. The molecule has 22 heavy (non-hydrogen) atoms. The molecule has 114 valence electrons. The highest BCUT2D eigenvalue weighted by Crippen LogP contribution is 2.31. The molecule has 3 aromatic heterocycles. The normalized spacial score (nSPS) is 11.3. The molecule has 0 aliphatic heterocycles. The van der Waals surface area contributed by atoms with Gasteiger partial charge in [0.05, 0.1) is 29.5 Å². The van der Waals surface area contributed by atoms with Gasteiger partial charge in [0.25, 0.3) is 0 Å². The van der Waals surface area contributed by atoms with E-state index in [0.717, 1.165) is 32.7 Å². The minimum absolute atomic E-state index is 0.333. The second-order valence-electron chi connectivity index (χ2n) is 5.40. The minimum atomic E-state index is 0.333. The fourth-order valence-corrected chi connectivity index (χ4v) is 2.84. The molecule has 0 aromatic carbocycles. The van der Waals surface area contributed by atoms with E-state index >= 15 is 0 Å². The number of nitrogens with one attached hydrogen (secondary N) is 1. The Balaban J connectivity index is 1.92. The van der Waals surface area contributed by atoms with Gasteiger partial charge < -0.3 is 9.88 Å². The van der Waals surface area contributed by atoms with Gasteiger partial charge in [-0.25, -0.2) is 9.97 Å². The molecule has 1 N–H and O–H groups in total. The van der Waals surface area contributed by atoms with Gasteiger partial charge in [0.1, 0.15) is 17.8 Å². The van der Waals surface area contributed by atoms with E-state index in [4.69, 9.17) is 0 Å². The summed E-state index contributed by atoms with van der Waals surface area (Å²) in [5.41, 5.74) is 2.69. The van der Waals surface area contributed by atoms with Crippen LogP contribution in [0, 0.1) is 6.92 Å². The Labute approximate surface area is 137 Å². The van der Waals surface area contributed by atoms with E-state index in [1.807, 2.05) is 13.1 Å². The van der Waals surface area contributed by atoms with Crippen LogP contribution in [0.4, 0.5) is 5.82 Å². The first-order valence-corrected chi connectivity index (χ1v) is 7.88. The van der Waals surface area contributed by atoms with Crippen molar-refractivity contribution in [2.45, 2.75) is 33.4 Å². The molecule has 0 saturated heterocycles. The average Bonchev–Trinajstić information content (AvgIpc) is 2.85. The summed E-state index contributed by atoms with van der Waals surface area (Å²) in [4.78, 5) is 17.4. The molecule has 0 unspecified atom stereocenters. The summed E-state index contributed by atoms with van der Waals surface area (Å²) in [6.07, 6.45) is 7.16. The molecular weight excluding hydrogens is 344 g/mol. The summed E-state index contributed by atoms with van der Waals surface area (Å²) < 4.78 is 3.10. The lowest BCUT2D eigenvalue weighted by Crippen LogP contribution is -2.05. The predicted molar refractivity (Wildman–Crippen MR) is 89.7 cm³/mol. The van der Waals surface area contributed by atoms with Crippen LogP contribution in [-0.4, -0.2) is 24.5 Å². The Hall–Kier alpha value is -2.02. The zero-order valence-corrected chi connectivity index (χ0v) is 14.3. The number of hydrogen-bond donors (Lipinski definition) is 1. The molecule has 7 heteroatoms. The zero-order valence-electron chi connectivity index (χ0n) is 12.7. The van der Waals surface area contributed by atoms with E-state index < -0.39 is 0 Å². The smallest absolute Gasteiger partial charge is 0.146 e. The molecule has 3 rings (SSSR count). The summed E-state index contributed by atoms with van der Waals surface area (Å²) in [6, 6.07) is 0.333. The Morgan fingerprint density at radius 1 is 1.18 bits per heavy atom. The summed E-state index contributed by atoms with van der Waals surface area (Å²) in [5.74, 6) is 0.790. The Morgan fingerprint density at radius 2 is 2.00 bits per heavy atom. The lowest BCUT2D eigenvalue weighted by molar-refractivity contribution is 0.617. The van der Waals surface area contributed by atoms with E-state index in [1.54, 1.807) is 18.7 Å². The number of nitrogens with zero attached hydrogens (tertiary/aromatic N) is 5. The summed E-state index contributed by atoms with van der Waals surface area (Å²) in [7, 11) is 0. The third-order valence-corrected chi connectivity index (χ3v) is 3.99. The van der Waals surface area contributed by atoms with Gasteiger partial charge in [-0.3, -0.25) is 9.97 Å². The van der Waals surface area contributed by atoms with Crippen LogP contribution in [0.25, 0.3) is 11.0 Å². The predicted octanol–water partition coefficient (Wildman–Crippen LogP) is 3.49. The van der Waals surface area contributed by atoms with Crippen LogP contribution in [0.3, 0.4) is 0 Å². The molecule has 0 fully saturated rings. The van der Waals surface area contributed by atoms with Crippen molar-refractivity contribution < 1.29 is 0 Å². The number of halogens is 1. The van der Waals surface area contributed by atoms with Crippen LogP contribution in [-0.2, 0) is 6.54 Å².